The normalized spacial score (nSPS) is 12.0. The van der Waals surface area contributed by atoms with Crippen LogP contribution < -0.4 is 9.62 Å². The topological polar surface area (TPSA) is 86.8 Å². The molecule has 0 saturated carbocycles. The number of carbonyl (C=O) groups is 2. The van der Waals surface area contributed by atoms with Crippen LogP contribution in [-0.4, -0.2) is 44.3 Å². The van der Waals surface area contributed by atoms with Crippen molar-refractivity contribution >= 4 is 50.7 Å². The number of rotatable bonds is 12. The lowest BCUT2D eigenvalue weighted by atomic mass is 10.1. The van der Waals surface area contributed by atoms with E-state index in [2.05, 4.69) is 5.32 Å². The molecule has 0 saturated heterocycles. The standard InChI is InChI=1S/C29H33Cl2N3O4S/c1-4-5-17-32-29(36)22(3)33(19-23-9-7-6-8-10-23)28(35)20-34(24-13-16-26(30)27(31)18-24)39(37,38)25-14-11-21(2)12-15-25/h6-16,18,22H,4-5,17,19-20H2,1-3H3,(H,32,36)/t22-/m0/s1. The zero-order chi connectivity index (χ0) is 28.6. The number of nitrogens with zero attached hydrogens (tertiary/aromatic N) is 2. The molecule has 2 amide bonds. The SMILES string of the molecule is CCCCNC(=O)[C@H](C)N(Cc1ccccc1)C(=O)CN(c1ccc(Cl)c(Cl)c1)S(=O)(=O)c1ccc(C)cc1. The van der Waals surface area contributed by atoms with Gasteiger partial charge in [0, 0.05) is 13.1 Å². The highest BCUT2D eigenvalue weighted by Gasteiger charge is 2.32. The Kier molecular flexibility index (Phi) is 10.8. The van der Waals surface area contributed by atoms with E-state index in [9.17, 15) is 18.0 Å². The highest BCUT2D eigenvalue weighted by molar-refractivity contribution is 7.92. The van der Waals surface area contributed by atoms with Crippen molar-refractivity contribution in [1.29, 1.82) is 0 Å². The lowest BCUT2D eigenvalue weighted by molar-refractivity contribution is -0.139. The highest BCUT2D eigenvalue weighted by atomic mass is 35.5. The van der Waals surface area contributed by atoms with Crippen LogP contribution in [0.4, 0.5) is 5.69 Å². The van der Waals surface area contributed by atoms with Crippen LogP contribution in [0, 0.1) is 6.92 Å². The van der Waals surface area contributed by atoms with Crippen molar-refractivity contribution in [3.63, 3.8) is 0 Å². The second-order valence-electron chi connectivity index (χ2n) is 9.25. The van der Waals surface area contributed by atoms with E-state index in [0.717, 1.165) is 28.3 Å². The maximum absolute atomic E-state index is 13.9. The molecule has 3 rings (SSSR count). The molecule has 3 aromatic rings. The van der Waals surface area contributed by atoms with Gasteiger partial charge in [0.15, 0.2) is 0 Å². The van der Waals surface area contributed by atoms with Gasteiger partial charge < -0.3 is 10.2 Å². The van der Waals surface area contributed by atoms with E-state index in [1.807, 2.05) is 44.2 Å². The van der Waals surface area contributed by atoms with Crippen LogP contribution in [0.1, 0.15) is 37.8 Å². The van der Waals surface area contributed by atoms with Gasteiger partial charge in [-0.05, 0) is 56.2 Å². The summed E-state index contributed by atoms with van der Waals surface area (Å²) < 4.78 is 28.7. The third kappa shape index (κ3) is 7.97. The minimum Gasteiger partial charge on any atom is -0.354 e. The zero-order valence-corrected chi connectivity index (χ0v) is 24.6. The monoisotopic (exact) mass is 589 g/mol. The summed E-state index contributed by atoms with van der Waals surface area (Å²) in [4.78, 5) is 28.3. The number of aryl methyl sites for hydroxylation is 1. The van der Waals surface area contributed by atoms with Gasteiger partial charge in [-0.3, -0.25) is 13.9 Å². The molecule has 0 heterocycles. The van der Waals surface area contributed by atoms with Gasteiger partial charge in [-0.2, -0.15) is 0 Å². The van der Waals surface area contributed by atoms with E-state index in [1.54, 1.807) is 19.1 Å². The van der Waals surface area contributed by atoms with Crippen LogP contribution in [0.5, 0.6) is 0 Å². The molecule has 0 aliphatic rings. The fraction of sp³-hybridized carbons (Fsp3) is 0.310. The van der Waals surface area contributed by atoms with Crippen LogP contribution in [0.25, 0.3) is 0 Å². The van der Waals surface area contributed by atoms with Crippen molar-refractivity contribution in [3.8, 4) is 0 Å². The Balaban J connectivity index is 2.01. The van der Waals surface area contributed by atoms with E-state index in [-0.39, 0.29) is 33.1 Å². The summed E-state index contributed by atoms with van der Waals surface area (Å²) in [6.07, 6.45) is 1.72. The average molecular weight is 591 g/mol. The summed E-state index contributed by atoms with van der Waals surface area (Å²) in [6, 6.07) is 19.1. The molecule has 3 aromatic carbocycles. The van der Waals surface area contributed by atoms with E-state index in [4.69, 9.17) is 23.2 Å². The molecule has 208 valence electrons. The van der Waals surface area contributed by atoms with Crippen LogP contribution in [0.15, 0.2) is 77.7 Å². The predicted octanol–water partition coefficient (Wildman–Crippen LogP) is 5.83. The van der Waals surface area contributed by atoms with Crippen LogP contribution in [-0.2, 0) is 26.2 Å². The van der Waals surface area contributed by atoms with Crippen molar-refractivity contribution in [2.75, 3.05) is 17.4 Å². The first kappa shape index (κ1) is 30.5. The molecule has 10 heteroatoms. The number of unbranched alkanes of at least 4 members (excludes halogenated alkanes) is 1. The number of carbonyl (C=O) groups excluding carboxylic acids is 2. The molecule has 0 aliphatic heterocycles. The molecule has 0 radical (unpaired) electrons. The zero-order valence-electron chi connectivity index (χ0n) is 22.2. The third-order valence-electron chi connectivity index (χ3n) is 6.27. The molecule has 0 fully saturated rings. The van der Waals surface area contributed by atoms with Gasteiger partial charge in [0.1, 0.15) is 12.6 Å². The number of hydrogen-bond donors (Lipinski definition) is 1. The molecule has 1 N–H and O–H groups in total. The lowest BCUT2D eigenvalue weighted by Gasteiger charge is -2.32. The van der Waals surface area contributed by atoms with E-state index in [0.29, 0.717) is 6.54 Å². The van der Waals surface area contributed by atoms with Crippen LogP contribution in [0.2, 0.25) is 10.0 Å². The minimum absolute atomic E-state index is 0.0203. The van der Waals surface area contributed by atoms with E-state index >= 15 is 0 Å². The third-order valence-corrected chi connectivity index (χ3v) is 8.80. The second-order valence-corrected chi connectivity index (χ2v) is 11.9. The van der Waals surface area contributed by atoms with Gasteiger partial charge in [0.05, 0.1) is 20.6 Å². The molecule has 7 nitrogen and oxygen atoms in total. The highest BCUT2D eigenvalue weighted by Crippen LogP contribution is 2.31. The molecule has 0 spiro atoms. The van der Waals surface area contributed by atoms with Gasteiger partial charge in [-0.15, -0.1) is 0 Å². The number of halogens is 2. The van der Waals surface area contributed by atoms with E-state index in [1.165, 1.54) is 35.2 Å². The first-order valence-electron chi connectivity index (χ1n) is 12.7. The largest absolute Gasteiger partial charge is 0.354 e. The Morgan fingerprint density at radius 1 is 0.949 bits per heavy atom. The van der Waals surface area contributed by atoms with Crippen molar-refractivity contribution in [2.45, 2.75) is 51.1 Å². The maximum atomic E-state index is 13.9. The Morgan fingerprint density at radius 2 is 1.62 bits per heavy atom. The van der Waals surface area contributed by atoms with Gasteiger partial charge >= 0.3 is 0 Å². The van der Waals surface area contributed by atoms with Crippen molar-refractivity contribution in [3.05, 3.63) is 94.0 Å². The van der Waals surface area contributed by atoms with E-state index < -0.39 is 28.5 Å². The first-order chi connectivity index (χ1) is 18.5. The summed E-state index contributed by atoms with van der Waals surface area (Å²) in [5, 5.41) is 3.27. The minimum atomic E-state index is -4.18. The van der Waals surface area contributed by atoms with Crippen molar-refractivity contribution in [1.82, 2.24) is 10.2 Å². The van der Waals surface area contributed by atoms with Crippen LogP contribution in [0.3, 0.4) is 0 Å². The number of anilines is 1. The Labute approximate surface area is 240 Å². The maximum Gasteiger partial charge on any atom is 0.264 e. The Hall–Kier alpha value is -3.07. The van der Waals surface area contributed by atoms with Gasteiger partial charge in [-0.1, -0.05) is 84.6 Å². The smallest absolute Gasteiger partial charge is 0.264 e. The molecule has 0 bridgehead atoms. The summed E-state index contributed by atoms with van der Waals surface area (Å²) in [7, 11) is -4.18. The molecule has 1 atom stereocenters. The number of sulfonamides is 1. The second kappa shape index (κ2) is 13.8. The predicted molar refractivity (Wildman–Crippen MR) is 157 cm³/mol. The summed E-state index contributed by atoms with van der Waals surface area (Å²) in [5.74, 6) is -0.853. The number of benzene rings is 3. The number of hydrogen-bond acceptors (Lipinski definition) is 4. The summed E-state index contributed by atoms with van der Waals surface area (Å²) >= 11 is 12.3. The van der Waals surface area contributed by atoms with Gasteiger partial charge in [0.25, 0.3) is 10.0 Å². The first-order valence-corrected chi connectivity index (χ1v) is 14.9. The molecule has 0 aliphatic carbocycles. The quantitative estimate of drug-likeness (QED) is 0.269. The Bertz CT molecular complexity index is 1380. The molecule has 0 aromatic heterocycles. The molecular formula is C29H33Cl2N3O4S. The number of nitrogens with one attached hydrogen (secondary N) is 1. The van der Waals surface area contributed by atoms with Crippen LogP contribution >= 0.6 is 23.2 Å². The van der Waals surface area contributed by atoms with Crippen molar-refractivity contribution in [2.24, 2.45) is 0 Å². The molecule has 0 unspecified atom stereocenters. The fourth-order valence-corrected chi connectivity index (χ4v) is 5.60. The fourth-order valence-electron chi connectivity index (χ4n) is 3.91. The van der Waals surface area contributed by atoms with Gasteiger partial charge in [-0.25, -0.2) is 8.42 Å². The molecule has 39 heavy (non-hydrogen) atoms. The lowest BCUT2D eigenvalue weighted by Crippen LogP contribution is -2.51. The average Bonchev–Trinajstić information content (AvgIpc) is 2.92. The van der Waals surface area contributed by atoms with Gasteiger partial charge in [0.2, 0.25) is 11.8 Å². The van der Waals surface area contributed by atoms with Crippen molar-refractivity contribution < 1.29 is 18.0 Å². The number of amides is 2. The molecular weight excluding hydrogens is 557 g/mol. The summed E-state index contributed by atoms with van der Waals surface area (Å²) in [6.45, 7) is 5.58. The Morgan fingerprint density at radius 3 is 2.23 bits per heavy atom. The summed E-state index contributed by atoms with van der Waals surface area (Å²) in [5.41, 5.74) is 1.88.